The molecule has 2 aliphatic heterocycles. The van der Waals surface area contributed by atoms with Gasteiger partial charge in [-0.2, -0.15) is 0 Å². The van der Waals surface area contributed by atoms with Crippen LogP contribution in [0, 0.1) is 11.8 Å². The molecule has 2 fully saturated rings. The summed E-state index contributed by atoms with van der Waals surface area (Å²) in [6, 6.07) is 0. The molecule has 13 heavy (non-hydrogen) atoms. The van der Waals surface area contributed by atoms with Gasteiger partial charge in [-0.05, 0) is 6.42 Å². The van der Waals surface area contributed by atoms with Crippen molar-refractivity contribution in [3.05, 3.63) is 0 Å². The standard InChI is InChI=1S/C11H24N2/c1-12(2)6-10-5-11(7-12)9-13(3,4)8-10/h10-11H,5-9H2,1-4H3/q+2. The first-order valence-corrected chi connectivity index (χ1v) is 5.50. The van der Waals surface area contributed by atoms with Gasteiger partial charge in [0.1, 0.15) is 0 Å². The number of fused-ring (bicyclic) bond motifs is 2. The van der Waals surface area contributed by atoms with Crippen LogP contribution in [0.2, 0.25) is 0 Å². The minimum Gasteiger partial charge on any atom is -0.328 e. The van der Waals surface area contributed by atoms with Gasteiger partial charge in [0, 0.05) is 0 Å². The van der Waals surface area contributed by atoms with Crippen molar-refractivity contribution < 1.29 is 8.97 Å². The Kier molecular flexibility index (Phi) is 1.97. The summed E-state index contributed by atoms with van der Waals surface area (Å²) in [6.07, 6.45) is 1.50. The summed E-state index contributed by atoms with van der Waals surface area (Å²) in [4.78, 5) is 0. The molecule has 0 aromatic rings. The molecule has 0 atom stereocenters. The van der Waals surface area contributed by atoms with Gasteiger partial charge >= 0.3 is 0 Å². The Morgan fingerprint density at radius 1 is 0.692 bits per heavy atom. The Hall–Kier alpha value is -0.0800. The van der Waals surface area contributed by atoms with E-state index in [9.17, 15) is 0 Å². The molecular formula is C11H24N2+2. The summed E-state index contributed by atoms with van der Waals surface area (Å²) in [5.74, 6) is 1.97. The van der Waals surface area contributed by atoms with E-state index >= 15 is 0 Å². The summed E-state index contributed by atoms with van der Waals surface area (Å²) >= 11 is 0. The topological polar surface area (TPSA) is 0 Å². The Morgan fingerprint density at radius 2 is 1.00 bits per heavy atom. The number of hydrogen-bond acceptors (Lipinski definition) is 0. The largest absolute Gasteiger partial charge is 0.328 e. The predicted octanol–water partition coefficient (Wildman–Crippen LogP) is 0.789. The van der Waals surface area contributed by atoms with Crippen molar-refractivity contribution in [2.75, 3.05) is 54.4 Å². The molecular weight excluding hydrogens is 160 g/mol. The molecule has 0 saturated carbocycles. The highest BCUT2D eigenvalue weighted by Gasteiger charge is 2.43. The molecule has 0 amide bonds. The molecule has 2 aliphatic rings. The molecule has 76 valence electrons. The number of rotatable bonds is 0. The van der Waals surface area contributed by atoms with Gasteiger partial charge in [-0.1, -0.05) is 0 Å². The third-order valence-corrected chi connectivity index (χ3v) is 3.68. The van der Waals surface area contributed by atoms with Gasteiger partial charge in [-0.25, -0.2) is 0 Å². The quantitative estimate of drug-likeness (QED) is 0.488. The lowest BCUT2D eigenvalue weighted by Crippen LogP contribution is -2.62. The van der Waals surface area contributed by atoms with Gasteiger partial charge < -0.3 is 8.97 Å². The molecule has 2 saturated heterocycles. The first kappa shape index (κ1) is 9.47. The second-order valence-corrected chi connectivity index (χ2v) is 6.57. The van der Waals surface area contributed by atoms with Crippen LogP contribution in [0.5, 0.6) is 0 Å². The van der Waals surface area contributed by atoms with E-state index in [0.717, 1.165) is 11.8 Å². The van der Waals surface area contributed by atoms with Crippen molar-refractivity contribution in [2.24, 2.45) is 11.8 Å². The van der Waals surface area contributed by atoms with Crippen LogP contribution in [0.4, 0.5) is 0 Å². The molecule has 0 radical (unpaired) electrons. The van der Waals surface area contributed by atoms with Gasteiger partial charge in [0.2, 0.25) is 0 Å². The maximum atomic E-state index is 2.39. The number of quaternary nitrogens is 2. The van der Waals surface area contributed by atoms with E-state index in [2.05, 4.69) is 28.2 Å². The SMILES string of the molecule is C[N+]1(C)CC2CC(C1)C[N+](C)(C)C2. The van der Waals surface area contributed by atoms with Gasteiger partial charge in [-0.15, -0.1) is 0 Å². The number of piperidine rings is 2. The number of likely N-dealkylation sites (tertiary alicyclic amines) is 2. The summed E-state index contributed by atoms with van der Waals surface area (Å²) < 4.78 is 2.52. The van der Waals surface area contributed by atoms with Crippen molar-refractivity contribution >= 4 is 0 Å². The van der Waals surface area contributed by atoms with Crippen molar-refractivity contribution in [3.8, 4) is 0 Å². The summed E-state index contributed by atoms with van der Waals surface area (Å²) in [5, 5.41) is 0. The highest BCUT2D eigenvalue weighted by Crippen LogP contribution is 2.32. The lowest BCUT2D eigenvalue weighted by molar-refractivity contribution is -0.948. The minimum absolute atomic E-state index is 0.984. The monoisotopic (exact) mass is 184 g/mol. The van der Waals surface area contributed by atoms with Crippen molar-refractivity contribution in [3.63, 3.8) is 0 Å². The third-order valence-electron chi connectivity index (χ3n) is 3.68. The lowest BCUT2D eigenvalue weighted by atomic mass is 9.83. The van der Waals surface area contributed by atoms with E-state index in [1.54, 1.807) is 0 Å². The molecule has 2 bridgehead atoms. The van der Waals surface area contributed by atoms with Gasteiger partial charge in [0.25, 0.3) is 0 Å². The maximum Gasteiger partial charge on any atom is 0.0865 e. The summed E-state index contributed by atoms with van der Waals surface area (Å²) in [6.45, 7) is 5.60. The van der Waals surface area contributed by atoms with E-state index in [-0.39, 0.29) is 0 Å². The van der Waals surface area contributed by atoms with E-state index in [1.807, 2.05) is 0 Å². The average molecular weight is 184 g/mol. The van der Waals surface area contributed by atoms with Gasteiger partial charge in [-0.3, -0.25) is 0 Å². The molecule has 0 aromatic carbocycles. The van der Waals surface area contributed by atoms with Crippen LogP contribution in [0.15, 0.2) is 0 Å². The van der Waals surface area contributed by atoms with Crippen LogP contribution in [0.25, 0.3) is 0 Å². The fourth-order valence-electron chi connectivity index (χ4n) is 3.83. The van der Waals surface area contributed by atoms with Gasteiger partial charge in [0.15, 0.2) is 0 Å². The second-order valence-electron chi connectivity index (χ2n) is 6.57. The normalized spacial score (nSPS) is 41.5. The molecule has 0 unspecified atom stereocenters. The maximum absolute atomic E-state index is 2.39. The fraction of sp³-hybridized carbons (Fsp3) is 1.00. The van der Waals surface area contributed by atoms with Crippen LogP contribution in [-0.4, -0.2) is 63.3 Å². The molecule has 0 aliphatic carbocycles. The average Bonchev–Trinajstić information content (AvgIpc) is 1.75. The van der Waals surface area contributed by atoms with Crippen LogP contribution in [-0.2, 0) is 0 Å². The van der Waals surface area contributed by atoms with E-state index < -0.39 is 0 Å². The van der Waals surface area contributed by atoms with Crippen LogP contribution in [0.1, 0.15) is 6.42 Å². The molecule has 0 aromatic heterocycles. The van der Waals surface area contributed by atoms with Crippen LogP contribution in [0.3, 0.4) is 0 Å². The zero-order valence-corrected chi connectivity index (χ0v) is 9.58. The van der Waals surface area contributed by atoms with Gasteiger partial charge in [0.05, 0.1) is 66.2 Å². The van der Waals surface area contributed by atoms with Crippen LogP contribution >= 0.6 is 0 Å². The second kappa shape index (κ2) is 2.71. The first-order chi connectivity index (χ1) is 5.86. The zero-order valence-electron chi connectivity index (χ0n) is 9.58. The van der Waals surface area contributed by atoms with Crippen molar-refractivity contribution in [1.82, 2.24) is 0 Å². The molecule has 2 heterocycles. The van der Waals surface area contributed by atoms with E-state index in [0.29, 0.717) is 0 Å². The Bertz CT molecular complexity index is 170. The number of hydrogen-bond donors (Lipinski definition) is 0. The molecule has 2 nitrogen and oxygen atoms in total. The van der Waals surface area contributed by atoms with Crippen molar-refractivity contribution in [2.45, 2.75) is 6.42 Å². The smallest absolute Gasteiger partial charge is 0.0865 e. The highest BCUT2D eigenvalue weighted by atomic mass is 15.4. The Morgan fingerprint density at radius 3 is 1.31 bits per heavy atom. The third kappa shape index (κ3) is 2.05. The number of nitrogens with zero attached hydrogens (tertiary/aromatic N) is 2. The highest BCUT2D eigenvalue weighted by molar-refractivity contribution is 4.75. The van der Waals surface area contributed by atoms with Crippen LogP contribution < -0.4 is 0 Å². The van der Waals surface area contributed by atoms with Crippen molar-refractivity contribution in [1.29, 1.82) is 0 Å². The summed E-state index contributed by atoms with van der Waals surface area (Å²) in [7, 11) is 9.57. The predicted molar refractivity (Wildman–Crippen MR) is 55.3 cm³/mol. The lowest BCUT2D eigenvalue weighted by Gasteiger charge is -2.50. The fourth-order valence-corrected chi connectivity index (χ4v) is 3.83. The molecule has 0 N–H and O–H groups in total. The molecule has 0 spiro atoms. The summed E-state index contributed by atoms with van der Waals surface area (Å²) in [5.41, 5.74) is 0. The molecule has 2 rings (SSSR count). The minimum atomic E-state index is 0.984. The van der Waals surface area contributed by atoms with E-state index in [1.165, 1.54) is 41.6 Å². The van der Waals surface area contributed by atoms with E-state index in [4.69, 9.17) is 0 Å². The zero-order chi connectivity index (χ0) is 9.69. The Balaban J connectivity index is 2.10. The first-order valence-electron chi connectivity index (χ1n) is 5.50. The molecule has 2 heteroatoms. The Labute approximate surface area is 82.3 Å².